The minimum atomic E-state index is -0.446. The van der Waals surface area contributed by atoms with Gasteiger partial charge in [0.15, 0.2) is 0 Å². The van der Waals surface area contributed by atoms with Gasteiger partial charge in [0.05, 0.1) is 5.56 Å². The van der Waals surface area contributed by atoms with Crippen molar-refractivity contribution in [3.8, 4) is 0 Å². The average Bonchev–Trinajstić information content (AvgIpc) is 2.16. The fourth-order valence-electron chi connectivity index (χ4n) is 1.73. The molecule has 0 bridgehead atoms. The van der Waals surface area contributed by atoms with Crippen molar-refractivity contribution in [2.24, 2.45) is 11.7 Å². The third kappa shape index (κ3) is 2.89. The molecule has 0 aromatic heterocycles. The van der Waals surface area contributed by atoms with Gasteiger partial charge < -0.3 is 16.4 Å². The summed E-state index contributed by atoms with van der Waals surface area (Å²) < 4.78 is 0. The molecule has 4 nitrogen and oxygen atoms in total. The molecule has 1 aromatic rings. The molecule has 0 spiro atoms. The van der Waals surface area contributed by atoms with Gasteiger partial charge in [-0.1, -0.05) is 13.8 Å². The summed E-state index contributed by atoms with van der Waals surface area (Å²) in [5.41, 5.74) is 12.8. The lowest BCUT2D eigenvalue weighted by Gasteiger charge is -2.23. The van der Waals surface area contributed by atoms with Crippen LogP contribution in [0.5, 0.6) is 0 Å². The van der Waals surface area contributed by atoms with E-state index in [4.69, 9.17) is 11.5 Å². The lowest BCUT2D eigenvalue weighted by atomic mass is 10.1. The molecule has 0 heterocycles. The van der Waals surface area contributed by atoms with Gasteiger partial charge >= 0.3 is 0 Å². The van der Waals surface area contributed by atoms with E-state index in [1.54, 1.807) is 12.1 Å². The summed E-state index contributed by atoms with van der Waals surface area (Å²) in [6.45, 7) is 5.11. The fourth-order valence-corrected chi connectivity index (χ4v) is 1.73. The van der Waals surface area contributed by atoms with Gasteiger partial charge in [-0.25, -0.2) is 0 Å². The maximum absolute atomic E-state index is 11.3. The molecular weight excluding hydrogens is 202 g/mol. The highest BCUT2D eigenvalue weighted by molar-refractivity contribution is 5.99. The van der Waals surface area contributed by atoms with Gasteiger partial charge in [0.2, 0.25) is 0 Å². The standard InChI is InChI=1S/C12H19N3O/c1-8(2)7-15(3)11-5-4-9(13)6-10(11)12(14)16/h4-6,8H,7,13H2,1-3H3,(H2,14,16). The number of amides is 1. The normalized spacial score (nSPS) is 10.5. The zero-order valence-electron chi connectivity index (χ0n) is 10.0. The van der Waals surface area contributed by atoms with Crippen LogP contribution < -0.4 is 16.4 Å². The maximum Gasteiger partial charge on any atom is 0.250 e. The Bertz CT molecular complexity index is 388. The molecular formula is C12H19N3O. The Balaban J connectivity index is 3.07. The van der Waals surface area contributed by atoms with Crippen molar-refractivity contribution in [3.63, 3.8) is 0 Å². The van der Waals surface area contributed by atoms with Crippen molar-refractivity contribution in [2.45, 2.75) is 13.8 Å². The van der Waals surface area contributed by atoms with Gasteiger partial charge in [-0.3, -0.25) is 4.79 Å². The first-order valence-electron chi connectivity index (χ1n) is 5.32. The Morgan fingerprint density at radius 1 is 1.44 bits per heavy atom. The first-order chi connectivity index (χ1) is 7.41. The van der Waals surface area contributed by atoms with Gasteiger partial charge in [-0.2, -0.15) is 0 Å². The third-order valence-electron chi connectivity index (χ3n) is 2.34. The van der Waals surface area contributed by atoms with E-state index in [9.17, 15) is 4.79 Å². The quantitative estimate of drug-likeness (QED) is 0.756. The fraction of sp³-hybridized carbons (Fsp3) is 0.417. The van der Waals surface area contributed by atoms with Crippen LogP contribution in [0, 0.1) is 5.92 Å². The first-order valence-corrected chi connectivity index (χ1v) is 5.32. The predicted octanol–water partition coefficient (Wildman–Crippen LogP) is 1.46. The molecule has 0 radical (unpaired) electrons. The summed E-state index contributed by atoms with van der Waals surface area (Å²) in [7, 11) is 1.94. The monoisotopic (exact) mass is 221 g/mol. The molecule has 0 aliphatic rings. The Hall–Kier alpha value is -1.71. The number of hydrogen-bond acceptors (Lipinski definition) is 3. The number of rotatable bonds is 4. The van der Waals surface area contributed by atoms with E-state index in [0.717, 1.165) is 12.2 Å². The summed E-state index contributed by atoms with van der Waals surface area (Å²) in [6, 6.07) is 5.23. The smallest absolute Gasteiger partial charge is 0.250 e. The number of hydrogen-bond donors (Lipinski definition) is 2. The second-order valence-electron chi connectivity index (χ2n) is 4.42. The van der Waals surface area contributed by atoms with Crippen molar-refractivity contribution in [2.75, 3.05) is 24.2 Å². The zero-order valence-corrected chi connectivity index (χ0v) is 10.0. The molecule has 1 aromatic carbocycles. The molecule has 4 N–H and O–H groups in total. The highest BCUT2D eigenvalue weighted by Crippen LogP contribution is 2.22. The number of anilines is 2. The molecule has 1 amide bonds. The van der Waals surface area contributed by atoms with Crippen molar-refractivity contribution in [3.05, 3.63) is 23.8 Å². The molecule has 0 aliphatic carbocycles. The molecule has 0 atom stereocenters. The molecule has 4 heteroatoms. The summed E-state index contributed by atoms with van der Waals surface area (Å²) >= 11 is 0. The largest absolute Gasteiger partial charge is 0.399 e. The second-order valence-corrected chi connectivity index (χ2v) is 4.42. The molecule has 0 saturated heterocycles. The van der Waals surface area contributed by atoms with Crippen molar-refractivity contribution >= 4 is 17.3 Å². The van der Waals surface area contributed by atoms with Crippen LogP contribution in [0.25, 0.3) is 0 Å². The van der Waals surface area contributed by atoms with Gasteiger partial charge in [0, 0.05) is 25.0 Å². The van der Waals surface area contributed by atoms with Gasteiger partial charge in [0.25, 0.3) is 5.91 Å². The Kier molecular flexibility index (Phi) is 3.77. The number of nitrogen functional groups attached to an aromatic ring is 1. The van der Waals surface area contributed by atoms with Crippen LogP contribution in [0.2, 0.25) is 0 Å². The predicted molar refractivity (Wildman–Crippen MR) is 67.5 cm³/mol. The van der Waals surface area contributed by atoms with Gasteiger partial charge in [-0.05, 0) is 24.1 Å². The lowest BCUT2D eigenvalue weighted by molar-refractivity contribution is 0.100. The summed E-state index contributed by atoms with van der Waals surface area (Å²) in [5.74, 6) is 0.0705. The lowest BCUT2D eigenvalue weighted by Crippen LogP contribution is -2.26. The van der Waals surface area contributed by atoms with Crippen LogP contribution in [-0.4, -0.2) is 19.5 Å². The SMILES string of the molecule is CC(C)CN(C)c1ccc(N)cc1C(N)=O. The zero-order chi connectivity index (χ0) is 12.3. The number of benzene rings is 1. The van der Waals surface area contributed by atoms with E-state index in [2.05, 4.69) is 13.8 Å². The van der Waals surface area contributed by atoms with E-state index >= 15 is 0 Å². The number of nitrogens with two attached hydrogens (primary N) is 2. The molecule has 1 rings (SSSR count). The molecule has 0 unspecified atom stereocenters. The average molecular weight is 221 g/mol. The van der Waals surface area contributed by atoms with Gasteiger partial charge in [-0.15, -0.1) is 0 Å². The number of carbonyl (C=O) groups is 1. The van der Waals surface area contributed by atoms with Crippen molar-refractivity contribution in [1.82, 2.24) is 0 Å². The molecule has 0 fully saturated rings. The minimum Gasteiger partial charge on any atom is -0.399 e. The number of carbonyl (C=O) groups excluding carboxylic acids is 1. The first kappa shape index (κ1) is 12.4. The minimum absolute atomic E-state index is 0.446. The highest BCUT2D eigenvalue weighted by atomic mass is 16.1. The Morgan fingerprint density at radius 2 is 2.06 bits per heavy atom. The van der Waals surface area contributed by atoms with Crippen LogP contribution in [0.1, 0.15) is 24.2 Å². The van der Waals surface area contributed by atoms with Crippen molar-refractivity contribution in [1.29, 1.82) is 0 Å². The van der Waals surface area contributed by atoms with Crippen LogP contribution in [-0.2, 0) is 0 Å². The van der Waals surface area contributed by atoms with Crippen molar-refractivity contribution < 1.29 is 4.79 Å². The van der Waals surface area contributed by atoms with E-state index in [0.29, 0.717) is 17.2 Å². The third-order valence-corrected chi connectivity index (χ3v) is 2.34. The van der Waals surface area contributed by atoms with Crippen LogP contribution in [0.4, 0.5) is 11.4 Å². The topological polar surface area (TPSA) is 72.3 Å². The van der Waals surface area contributed by atoms with E-state index in [1.165, 1.54) is 0 Å². The van der Waals surface area contributed by atoms with Crippen LogP contribution in [0.3, 0.4) is 0 Å². The highest BCUT2D eigenvalue weighted by Gasteiger charge is 2.12. The van der Waals surface area contributed by atoms with Crippen LogP contribution >= 0.6 is 0 Å². The molecule has 16 heavy (non-hydrogen) atoms. The molecule has 88 valence electrons. The Morgan fingerprint density at radius 3 is 2.56 bits per heavy atom. The molecule has 0 aliphatic heterocycles. The molecule has 0 saturated carbocycles. The van der Waals surface area contributed by atoms with Gasteiger partial charge in [0.1, 0.15) is 0 Å². The number of primary amides is 1. The summed E-state index contributed by atoms with van der Waals surface area (Å²) in [4.78, 5) is 13.3. The van der Waals surface area contributed by atoms with E-state index < -0.39 is 5.91 Å². The number of nitrogens with zero attached hydrogens (tertiary/aromatic N) is 1. The van der Waals surface area contributed by atoms with E-state index in [1.807, 2.05) is 18.0 Å². The Labute approximate surface area is 96.2 Å². The summed E-state index contributed by atoms with van der Waals surface area (Å²) in [6.07, 6.45) is 0. The maximum atomic E-state index is 11.3. The second kappa shape index (κ2) is 4.88. The van der Waals surface area contributed by atoms with E-state index in [-0.39, 0.29) is 0 Å². The van der Waals surface area contributed by atoms with Crippen LogP contribution in [0.15, 0.2) is 18.2 Å². The summed E-state index contributed by atoms with van der Waals surface area (Å²) in [5, 5.41) is 0.